The Morgan fingerprint density at radius 1 is 1.62 bits per heavy atom. The highest BCUT2D eigenvalue weighted by molar-refractivity contribution is 7.09. The summed E-state index contributed by atoms with van der Waals surface area (Å²) in [4.78, 5) is 3.83. The molecule has 1 aromatic heterocycles. The molecular weight excluding hydrogens is 220 g/mol. The van der Waals surface area contributed by atoms with Crippen molar-refractivity contribution in [3.05, 3.63) is 22.4 Å². The SMILES string of the molecule is CN(CCc1cccs1)CC1CNCCO1. The first-order chi connectivity index (χ1) is 7.84. The number of hydrogen-bond donors (Lipinski definition) is 1. The smallest absolute Gasteiger partial charge is 0.0826 e. The molecule has 1 fully saturated rings. The highest BCUT2D eigenvalue weighted by Crippen LogP contribution is 2.09. The summed E-state index contributed by atoms with van der Waals surface area (Å²) in [7, 11) is 2.17. The summed E-state index contributed by atoms with van der Waals surface area (Å²) in [5.74, 6) is 0. The molecular formula is C12H20N2OS. The summed E-state index contributed by atoms with van der Waals surface area (Å²) in [5.41, 5.74) is 0. The average molecular weight is 240 g/mol. The number of nitrogens with one attached hydrogen (secondary N) is 1. The van der Waals surface area contributed by atoms with Gasteiger partial charge in [0.15, 0.2) is 0 Å². The predicted molar refractivity (Wildman–Crippen MR) is 68.1 cm³/mol. The van der Waals surface area contributed by atoms with Crippen LogP contribution in [0.15, 0.2) is 17.5 Å². The monoisotopic (exact) mass is 240 g/mol. The van der Waals surface area contributed by atoms with Crippen LogP contribution in [0.5, 0.6) is 0 Å². The maximum atomic E-state index is 5.68. The van der Waals surface area contributed by atoms with Crippen LogP contribution in [-0.4, -0.2) is 50.8 Å². The number of ether oxygens (including phenoxy) is 1. The van der Waals surface area contributed by atoms with Crippen LogP contribution in [0.25, 0.3) is 0 Å². The third-order valence-electron chi connectivity index (χ3n) is 2.84. The molecule has 90 valence electrons. The first-order valence-electron chi connectivity index (χ1n) is 5.88. The summed E-state index contributed by atoms with van der Waals surface area (Å²) in [6, 6.07) is 4.32. The highest BCUT2D eigenvalue weighted by Gasteiger charge is 2.15. The van der Waals surface area contributed by atoms with Crippen LogP contribution < -0.4 is 5.32 Å². The topological polar surface area (TPSA) is 24.5 Å². The Kier molecular flexibility index (Phi) is 4.78. The van der Waals surface area contributed by atoms with Gasteiger partial charge in [-0.25, -0.2) is 0 Å². The van der Waals surface area contributed by atoms with Crippen molar-refractivity contribution in [2.45, 2.75) is 12.5 Å². The lowest BCUT2D eigenvalue weighted by atomic mass is 10.2. The minimum atomic E-state index is 0.363. The fourth-order valence-electron chi connectivity index (χ4n) is 1.93. The van der Waals surface area contributed by atoms with Crippen LogP contribution in [0.4, 0.5) is 0 Å². The van der Waals surface area contributed by atoms with E-state index in [-0.39, 0.29) is 0 Å². The molecule has 0 bridgehead atoms. The number of rotatable bonds is 5. The molecule has 1 unspecified atom stereocenters. The molecule has 1 N–H and O–H groups in total. The number of nitrogens with zero attached hydrogens (tertiary/aromatic N) is 1. The van der Waals surface area contributed by atoms with Gasteiger partial charge in [-0.15, -0.1) is 11.3 Å². The van der Waals surface area contributed by atoms with Gasteiger partial charge in [-0.2, -0.15) is 0 Å². The number of thiophene rings is 1. The van der Waals surface area contributed by atoms with E-state index in [9.17, 15) is 0 Å². The van der Waals surface area contributed by atoms with Crippen molar-refractivity contribution in [3.63, 3.8) is 0 Å². The molecule has 16 heavy (non-hydrogen) atoms. The highest BCUT2D eigenvalue weighted by atomic mass is 32.1. The van der Waals surface area contributed by atoms with Gasteiger partial charge in [-0.3, -0.25) is 0 Å². The van der Waals surface area contributed by atoms with Crippen LogP contribution in [0.1, 0.15) is 4.88 Å². The van der Waals surface area contributed by atoms with Gasteiger partial charge < -0.3 is 15.0 Å². The zero-order valence-electron chi connectivity index (χ0n) is 9.82. The van der Waals surface area contributed by atoms with E-state index in [1.807, 2.05) is 11.3 Å². The van der Waals surface area contributed by atoms with Crippen LogP contribution >= 0.6 is 11.3 Å². The van der Waals surface area contributed by atoms with Crippen molar-refractivity contribution in [1.82, 2.24) is 10.2 Å². The van der Waals surface area contributed by atoms with Gasteiger partial charge in [-0.1, -0.05) is 6.07 Å². The molecule has 2 heterocycles. The van der Waals surface area contributed by atoms with E-state index < -0.39 is 0 Å². The van der Waals surface area contributed by atoms with Crippen molar-refractivity contribution in [3.8, 4) is 0 Å². The minimum absolute atomic E-state index is 0.363. The van der Waals surface area contributed by atoms with E-state index in [1.54, 1.807) is 0 Å². The summed E-state index contributed by atoms with van der Waals surface area (Å²) in [6.07, 6.45) is 1.51. The van der Waals surface area contributed by atoms with Crippen LogP contribution in [-0.2, 0) is 11.2 Å². The van der Waals surface area contributed by atoms with Gasteiger partial charge in [0.1, 0.15) is 0 Å². The molecule has 0 aliphatic carbocycles. The molecule has 0 radical (unpaired) electrons. The first-order valence-corrected chi connectivity index (χ1v) is 6.76. The fourth-order valence-corrected chi connectivity index (χ4v) is 2.63. The largest absolute Gasteiger partial charge is 0.374 e. The summed E-state index contributed by atoms with van der Waals surface area (Å²) in [5, 5.41) is 5.50. The molecule has 3 nitrogen and oxygen atoms in total. The second-order valence-corrected chi connectivity index (χ2v) is 5.32. The maximum absolute atomic E-state index is 5.68. The van der Waals surface area contributed by atoms with Crippen molar-refractivity contribution in [2.75, 3.05) is 39.8 Å². The third-order valence-corrected chi connectivity index (χ3v) is 3.78. The Balaban J connectivity index is 1.65. The van der Waals surface area contributed by atoms with Crippen LogP contribution in [0, 0.1) is 0 Å². The van der Waals surface area contributed by atoms with E-state index in [4.69, 9.17) is 4.74 Å². The van der Waals surface area contributed by atoms with Gasteiger partial charge in [0.25, 0.3) is 0 Å². The van der Waals surface area contributed by atoms with Gasteiger partial charge in [-0.05, 0) is 24.9 Å². The summed E-state index contributed by atoms with van der Waals surface area (Å²) >= 11 is 1.84. The normalized spacial score (nSPS) is 21.5. The lowest BCUT2D eigenvalue weighted by Crippen LogP contribution is -2.44. The predicted octanol–water partition coefficient (Wildman–Crippen LogP) is 1.21. The molecule has 4 heteroatoms. The van der Waals surface area contributed by atoms with Crippen molar-refractivity contribution in [2.24, 2.45) is 0 Å². The second kappa shape index (κ2) is 6.35. The quantitative estimate of drug-likeness (QED) is 0.837. The fraction of sp³-hybridized carbons (Fsp3) is 0.667. The Morgan fingerprint density at radius 3 is 3.25 bits per heavy atom. The van der Waals surface area contributed by atoms with Gasteiger partial charge in [0, 0.05) is 31.1 Å². The zero-order chi connectivity index (χ0) is 11.2. The van der Waals surface area contributed by atoms with E-state index in [1.165, 1.54) is 4.88 Å². The molecule has 1 aliphatic heterocycles. The van der Waals surface area contributed by atoms with Crippen LogP contribution in [0.3, 0.4) is 0 Å². The van der Waals surface area contributed by atoms with E-state index in [2.05, 4.69) is 34.8 Å². The molecule has 1 aliphatic rings. The average Bonchev–Trinajstić information content (AvgIpc) is 2.81. The Morgan fingerprint density at radius 2 is 2.56 bits per heavy atom. The third kappa shape index (κ3) is 3.87. The van der Waals surface area contributed by atoms with Crippen molar-refractivity contribution in [1.29, 1.82) is 0 Å². The first kappa shape index (κ1) is 12.0. The number of hydrogen-bond acceptors (Lipinski definition) is 4. The molecule has 0 amide bonds. The molecule has 0 spiro atoms. The zero-order valence-corrected chi connectivity index (χ0v) is 10.6. The van der Waals surface area contributed by atoms with Gasteiger partial charge in [0.05, 0.1) is 12.7 Å². The van der Waals surface area contributed by atoms with Crippen molar-refractivity contribution < 1.29 is 4.74 Å². The second-order valence-electron chi connectivity index (χ2n) is 4.29. The molecule has 1 atom stereocenters. The van der Waals surface area contributed by atoms with E-state index >= 15 is 0 Å². The molecule has 1 aromatic rings. The summed E-state index contributed by atoms with van der Waals surface area (Å²) < 4.78 is 5.68. The van der Waals surface area contributed by atoms with Crippen molar-refractivity contribution >= 4 is 11.3 Å². The number of morpholine rings is 1. The minimum Gasteiger partial charge on any atom is -0.374 e. The van der Waals surface area contributed by atoms with Gasteiger partial charge >= 0.3 is 0 Å². The lowest BCUT2D eigenvalue weighted by Gasteiger charge is -2.27. The van der Waals surface area contributed by atoms with E-state index in [0.717, 1.165) is 39.2 Å². The standard InChI is InChI=1S/C12H20N2OS/c1-14(6-4-12-3-2-8-16-12)10-11-9-13-5-7-15-11/h2-3,8,11,13H,4-7,9-10H2,1H3. The van der Waals surface area contributed by atoms with Crippen LogP contribution in [0.2, 0.25) is 0 Å². The summed E-state index contributed by atoms with van der Waals surface area (Å²) in [6.45, 7) is 4.97. The maximum Gasteiger partial charge on any atom is 0.0826 e. The van der Waals surface area contributed by atoms with Gasteiger partial charge in [0.2, 0.25) is 0 Å². The van der Waals surface area contributed by atoms with E-state index in [0.29, 0.717) is 6.10 Å². The Bertz CT molecular complexity index is 283. The Labute approximate surface area is 101 Å². The lowest BCUT2D eigenvalue weighted by molar-refractivity contribution is 0.0103. The Hall–Kier alpha value is -0.420. The molecule has 1 saturated heterocycles. The molecule has 2 rings (SSSR count). The molecule has 0 aromatic carbocycles. The number of likely N-dealkylation sites (N-methyl/N-ethyl adjacent to an activating group) is 1. The molecule has 0 saturated carbocycles.